The van der Waals surface area contributed by atoms with Gasteiger partial charge in [0.1, 0.15) is 17.0 Å². The predicted octanol–water partition coefficient (Wildman–Crippen LogP) is 3.61. The van der Waals surface area contributed by atoms with Crippen LogP contribution in [0.5, 0.6) is 0 Å². The van der Waals surface area contributed by atoms with Gasteiger partial charge in [-0.05, 0) is 25.3 Å². The smallest absolute Gasteiger partial charge is 0.248 e. The van der Waals surface area contributed by atoms with Gasteiger partial charge in [0.15, 0.2) is 0 Å². The second-order valence-corrected chi connectivity index (χ2v) is 7.06. The molecule has 2 aromatic rings. The average Bonchev–Trinajstić information content (AvgIpc) is 2.92. The molecule has 2 heterocycles. The summed E-state index contributed by atoms with van der Waals surface area (Å²) in [7, 11) is 0. The van der Waals surface area contributed by atoms with Gasteiger partial charge < -0.3 is 10.4 Å². The number of aliphatic hydroxyl groups is 1. The third kappa shape index (κ3) is 3.20. The van der Waals surface area contributed by atoms with Crippen molar-refractivity contribution in [3.63, 3.8) is 0 Å². The van der Waals surface area contributed by atoms with E-state index in [0.29, 0.717) is 5.82 Å². The quantitative estimate of drug-likeness (QED) is 0.901. The number of nitrogens with one attached hydrogen (secondary N) is 1. The number of nitrogens with zero attached hydrogens (tertiary/aromatic N) is 2. The van der Waals surface area contributed by atoms with Crippen molar-refractivity contribution < 1.29 is 13.9 Å². The largest absolute Gasteiger partial charge is 0.388 e. The summed E-state index contributed by atoms with van der Waals surface area (Å²) >= 11 is 1.62. The molecule has 3 rings (SSSR count). The van der Waals surface area contributed by atoms with E-state index >= 15 is 0 Å². The first-order chi connectivity index (χ1) is 10.4. The van der Waals surface area contributed by atoms with E-state index in [1.54, 1.807) is 11.3 Å². The summed E-state index contributed by atoms with van der Waals surface area (Å²) in [6, 6.07) is 2.04. The lowest BCUT2D eigenvalue weighted by Crippen LogP contribution is -2.43. The number of anilines is 1. The Hall–Kier alpha value is -1.34. The fourth-order valence-corrected chi connectivity index (χ4v) is 3.66. The molecule has 0 aliphatic heterocycles. The van der Waals surface area contributed by atoms with Crippen LogP contribution in [-0.4, -0.2) is 33.1 Å². The molecule has 0 unspecified atom stereocenters. The molecule has 1 aliphatic carbocycles. The van der Waals surface area contributed by atoms with Gasteiger partial charge in [0.05, 0.1) is 11.0 Å². The number of hydrogen-bond acceptors (Lipinski definition) is 5. The maximum atomic E-state index is 13.2. The Labute approximate surface area is 131 Å². The van der Waals surface area contributed by atoms with Crippen LogP contribution in [0.2, 0.25) is 0 Å². The lowest BCUT2D eigenvalue weighted by atomic mass is 9.83. The van der Waals surface area contributed by atoms with Crippen LogP contribution in [0.15, 0.2) is 12.4 Å². The lowest BCUT2D eigenvalue weighted by Gasteiger charge is -2.36. The molecule has 2 aromatic heterocycles. The Kier molecular flexibility index (Phi) is 4.03. The molecule has 1 fully saturated rings. The molecule has 0 bridgehead atoms. The van der Waals surface area contributed by atoms with Crippen LogP contribution < -0.4 is 5.32 Å². The summed E-state index contributed by atoms with van der Waals surface area (Å²) in [4.78, 5) is 10.6. The van der Waals surface area contributed by atoms with Crippen LogP contribution in [0.3, 0.4) is 0 Å². The van der Waals surface area contributed by atoms with Crippen molar-refractivity contribution in [1.82, 2.24) is 9.97 Å². The monoisotopic (exact) mass is 327 g/mol. The standard InChI is InChI=1S/C15H19F2N3OS/c1-2-10-7-11-12(19-9-20-13(11)22-10)18-8-14(21)3-5-15(16,17)6-4-14/h7,9,21H,2-6,8H2,1H3,(H,18,19,20). The molecule has 0 aromatic carbocycles. The van der Waals surface area contributed by atoms with Crippen LogP contribution in [0.1, 0.15) is 37.5 Å². The molecule has 0 atom stereocenters. The van der Waals surface area contributed by atoms with E-state index < -0.39 is 11.5 Å². The highest BCUT2D eigenvalue weighted by Crippen LogP contribution is 2.38. The Morgan fingerprint density at radius 3 is 2.68 bits per heavy atom. The Bertz CT molecular complexity index is 664. The number of fused-ring (bicyclic) bond motifs is 1. The predicted molar refractivity (Wildman–Crippen MR) is 83.6 cm³/mol. The van der Waals surface area contributed by atoms with E-state index in [4.69, 9.17) is 0 Å². The van der Waals surface area contributed by atoms with E-state index in [2.05, 4.69) is 22.2 Å². The zero-order valence-electron chi connectivity index (χ0n) is 12.4. The van der Waals surface area contributed by atoms with Gasteiger partial charge in [0, 0.05) is 24.3 Å². The van der Waals surface area contributed by atoms with Crippen LogP contribution in [0, 0.1) is 0 Å². The SMILES string of the molecule is CCc1cc2c(NCC3(O)CCC(F)(F)CC3)ncnc2s1. The van der Waals surface area contributed by atoms with Gasteiger partial charge in [-0.25, -0.2) is 18.7 Å². The molecular weight excluding hydrogens is 308 g/mol. The number of alkyl halides is 2. The minimum Gasteiger partial charge on any atom is -0.388 e. The van der Waals surface area contributed by atoms with Gasteiger partial charge in [0.2, 0.25) is 5.92 Å². The minimum absolute atomic E-state index is 0.102. The molecule has 120 valence electrons. The lowest BCUT2D eigenvalue weighted by molar-refractivity contribution is -0.0977. The maximum Gasteiger partial charge on any atom is 0.248 e. The van der Waals surface area contributed by atoms with Crippen LogP contribution in [-0.2, 0) is 6.42 Å². The van der Waals surface area contributed by atoms with Crippen molar-refractivity contribution in [3.8, 4) is 0 Å². The van der Waals surface area contributed by atoms with Gasteiger partial charge in [-0.15, -0.1) is 11.3 Å². The zero-order valence-corrected chi connectivity index (χ0v) is 13.2. The van der Waals surface area contributed by atoms with Crippen molar-refractivity contribution >= 4 is 27.4 Å². The number of aryl methyl sites for hydroxylation is 1. The van der Waals surface area contributed by atoms with E-state index in [0.717, 1.165) is 16.6 Å². The number of halogens is 2. The highest BCUT2D eigenvalue weighted by atomic mass is 32.1. The molecule has 7 heteroatoms. The highest BCUT2D eigenvalue weighted by molar-refractivity contribution is 7.18. The van der Waals surface area contributed by atoms with E-state index in [1.165, 1.54) is 11.2 Å². The summed E-state index contributed by atoms with van der Waals surface area (Å²) in [6.07, 6.45) is 2.10. The van der Waals surface area contributed by atoms with Gasteiger partial charge in [-0.3, -0.25) is 0 Å². The second kappa shape index (κ2) is 5.70. The Balaban J connectivity index is 1.73. The summed E-state index contributed by atoms with van der Waals surface area (Å²) < 4.78 is 26.4. The van der Waals surface area contributed by atoms with Crippen molar-refractivity contribution in [2.45, 2.75) is 50.6 Å². The van der Waals surface area contributed by atoms with Gasteiger partial charge >= 0.3 is 0 Å². The van der Waals surface area contributed by atoms with Gasteiger partial charge in [-0.2, -0.15) is 0 Å². The molecule has 0 radical (unpaired) electrons. The second-order valence-electron chi connectivity index (χ2n) is 5.94. The number of aromatic nitrogens is 2. The Morgan fingerprint density at radius 2 is 2.00 bits per heavy atom. The molecule has 0 spiro atoms. The van der Waals surface area contributed by atoms with Gasteiger partial charge in [0.25, 0.3) is 0 Å². The molecule has 1 saturated carbocycles. The molecule has 0 amide bonds. The summed E-state index contributed by atoms with van der Waals surface area (Å²) in [6.45, 7) is 2.31. The molecule has 0 saturated heterocycles. The van der Waals surface area contributed by atoms with Crippen LogP contribution >= 0.6 is 11.3 Å². The number of hydrogen-bond donors (Lipinski definition) is 2. The summed E-state index contributed by atoms with van der Waals surface area (Å²) in [5.41, 5.74) is -1.09. The van der Waals surface area contributed by atoms with Gasteiger partial charge in [-0.1, -0.05) is 6.92 Å². The first kappa shape index (κ1) is 15.6. The van der Waals surface area contributed by atoms with Crippen molar-refractivity contribution in [2.24, 2.45) is 0 Å². The summed E-state index contributed by atoms with van der Waals surface area (Å²) in [5, 5.41) is 14.5. The fraction of sp³-hybridized carbons (Fsp3) is 0.600. The topological polar surface area (TPSA) is 58.0 Å². The van der Waals surface area contributed by atoms with Crippen molar-refractivity contribution in [2.75, 3.05) is 11.9 Å². The van der Waals surface area contributed by atoms with Crippen molar-refractivity contribution in [1.29, 1.82) is 0 Å². The minimum atomic E-state index is -2.64. The van der Waals surface area contributed by atoms with E-state index in [-0.39, 0.29) is 32.2 Å². The zero-order chi connectivity index (χ0) is 15.8. The molecule has 22 heavy (non-hydrogen) atoms. The molecule has 2 N–H and O–H groups in total. The maximum absolute atomic E-state index is 13.2. The average molecular weight is 327 g/mol. The normalized spacial score (nSPS) is 20.2. The molecule has 1 aliphatic rings. The fourth-order valence-electron chi connectivity index (χ4n) is 2.73. The first-order valence-corrected chi connectivity index (χ1v) is 8.30. The third-order valence-corrected chi connectivity index (χ3v) is 5.41. The van der Waals surface area contributed by atoms with E-state index in [1.807, 2.05) is 6.07 Å². The number of rotatable bonds is 4. The summed E-state index contributed by atoms with van der Waals surface area (Å²) in [5.74, 6) is -1.98. The van der Waals surface area contributed by atoms with Crippen LogP contribution in [0.25, 0.3) is 10.2 Å². The highest BCUT2D eigenvalue weighted by Gasteiger charge is 2.42. The molecular formula is C15H19F2N3OS. The molecule has 4 nitrogen and oxygen atoms in total. The third-order valence-electron chi connectivity index (χ3n) is 4.23. The van der Waals surface area contributed by atoms with Crippen molar-refractivity contribution in [3.05, 3.63) is 17.3 Å². The van der Waals surface area contributed by atoms with E-state index in [9.17, 15) is 13.9 Å². The first-order valence-electron chi connectivity index (χ1n) is 7.48. The Morgan fingerprint density at radius 1 is 1.27 bits per heavy atom. The van der Waals surface area contributed by atoms with Crippen LogP contribution in [0.4, 0.5) is 14.6 Å². The number of thiophene rings is 1.